The minimum absolute atomic E-state index is 0.706. The number of nitrogens with zero attached hydrogens (tertiary/aromatic N) is 2. The standard InChI is InChI=1S/C18H23N3/c1-21(14-15-7-3-2-4-8-15)18-16(9-6-12-19-18)13-20-17-10-5-11-17/h2-4,6-9,12,17,20H,5,10-11,13-14H2,1H3. The van der Waals surface area contributed by atoms with Crippen molar-refractivity contribution < 1.29 is 0 Å². The summed E-state index contributed by atoms with van der Waals surface area (Å²) in [5.74, 6) is 1.08. The van der Waals surface area contributed by atoms with Gasteiger partial charge in [-0.15, -0.1) is 0 Å². The zero-order chi connectivity index (χ0) is 14.5. The molecule has 110 valence electrons. The molecule has 1 aromatic carbocycles. The van der Waals surface area contributed by atoms with E-state index < -0.39 is 0 Å². The lowest BCUT2D eigenvalue weighted by molar-refractivity contribution is 0.338. The van der Waals surface area contributed by atoms with E-state index in [9.17, 15) is 0 Å². The van der Waals surface area contributed by atoms with Crippen molar-refractivity contribution in [3.8, 4) is 0 Å². The molecule has 0 radical (unpaired) electrons. The first-order valence-corrected chi connectivity index (χ1v) is 7.75. The van der Waals surface area contributed by atoms with Crippen LogP contribution < -0.4 is 10.2 Å². The number of aromatic nitrogens is 1. The summed E-state index contributed by atoms with van der Waals surface area (Å²) < 4.78 is 0. The van der Waals surface area contributed by atoms with Gasteiger partial charge in [-0.05, 0) is 24.5 Å². The van der Waals surface area contributed by atoms with Crippen molar-refractivity contribution in [3.05, 3.63) is 59.8 Å². The molecule has 3 nitrogen and oxygen atoms in total. The molecule has 1 aromatic heterocycles. The second-order valence-corrected chi connectivity index (χ2v) is 5.84. The number of hydrogen-bond acceptors (Lipinski definition) is 3. The van der Waals surface area contributed by atoms with Gasteiger partial charge in [0, 0.05) is 37.9 Å². The van der Waals surface area contributed by atoms with Crippen LogP contribution in [-0.2, 0) is 13.1 Å². The predicted molar refractivity (Wildman–Crippen MR) is 87.3 cm³/mol. The van der Waals surface area contributed by atoms with Crippen molar-refractivity contribution in [2.75, 3.05) is 11.9 Å². The van der Waals surface area contributed by atoms with Crippen LogP contribution in [0.25, 0.3) is 0 Å². The topological polar surface area (TPSA) is 28.2 Å². The van der Waals surface area contributed by atoms with E-state index in [0.717, 1.165) is 18.9 Å². The minimum atomic E-state index is 0.706. The number of hydrogen-bond donors (Lipinski definition) is 1. The normalized spacial score (nSPS) is 14.7. The van der Waals surface area contributed by atoms with E-state index in [-0.39, 0.29) is 0 Å². The van der Waals surface area contributed by atoms with Gasteiger partial charge in [-0.3, -0.25) is 0 Å². The third-order valence-corrected chi connectivity index (χ3v) is 4.18. The molecule has 3 rings (SSSR count). The lowest BCUT2D eigenvalue weighted by Crippen LogP contribution is -2.35. The summed E-state index contributed by atoms with van der Waals surface area (Å²) in [5.41, 5.74) is 2.59. The van der Waals surface area contributed by atoms with Crippen LogP contribution in [-0.4, -0.2) is 18.1 Å². The first kappa shape index (κ1) is 14.1. The molecule has 1 fully saturated rings. The van der Waals surface area contributed by atoms with Crippen LogP contribution in [0, 0.1) is 0 Å². The van der Waals surface area contributed by atoms with Gasteiger partial charge in [0.25, 0.3) is 0 Å². The Balaban J connectivity index is 1.68. The van der Waals surface area contributed by atoms with Gasteiger partial charge < -0.3 is 10.2 Å². The van der Waals surface area contributed by atoms with Crippen LogP contribution in [0.5, 0.6) is 0 Å². The molecule has 1 saturated carbocycles. The van der Waals surface area contributed by atoms with Gasteiger partial charge in [-0.2, -0.15) is 0 Å². The molecule has 1 heterocycles. The summed E-state index contributed by atoms with van der Waals surface area (Å²) in [5, 5.41) is 3.63. The zero-order valence-corrected chi connectivity index (χ0v) is 12.6. The summed E-state index contributed by atoms with van der Waals surface area (Å²) in [7, 11) is 2.11. The Labute approximate surface area is 127 Å². The number of anilines is 1. The zero-order valence-electron chi connectivity index (χ0n) is 12.6. The Hall–Kier alpha value is -1.87. The first-order valence-electron chi connectivity index (χ1n) is 7.75. The van der Waals surface area contributed by atoms with Gasteiger partial charge in [0.15, 0.2) is 0 Å². The van der Waals surface area contributed by atoms with Crippen molar-refractivity contribution in [2.24, 2.45) is 0 Å². The maximum absolute atomic E-state index is 4.58. The number of nitrogens with one attached hydrogen (secondary N) is 1. The van der Waals surface area contributed by atoms with Crippen molar-refractivity contribution >= 4 is 5.82 Å². The molecule has 21 heavy (non-hydrogen) atoms. The molecule has 0 saturated heterocycles. The molecule has 0 bridgehead atoms. The lowest BCUT2D eigenvalue weighted by atomic mass is 9.93. The SMILES string of the molecule is CN(Cc1ccccc1)c1ncccc1CNC1CCC1. The van der Waals surface area contributed by atoms with Gasteiger partial charge in [-0.25, -0.2) is 4.98 Å². The second kappa shape index (κ2) is 6.72. The molecular weight excluding hydrogens is 258 g/mol. The molecule has 1 N–H and O–H groups in total. The fourth-order valence-corrected chi connectivity index (χ4v) is 2.71. The predicted octanol–water partition coefficient (Wildman–Crippen LogP) is 3.36. The number of benzene rings is 1. The molecule has 0 aliphatic heterocycles. The van der Waals surface area contributed by atoms with Crippen molar-refractivity contribution in [1.82, 2.24) is 10.3 Å². The summed E-state index contributed by atoms with van der Waals surface area (Å²) >= 11 is 0. The monoisotopic (exact) mass is 281 g/mol. The van der Waals surface area contributed by atoms with Gasteiger partial charge in [0.05, 0.1) is 0 Å². The van der Waals surface area contributed by atoms with E-state index in [1.54, 1.807) is 0 Å². The molecule has 0 amide bonds. The highest BCUT2D eigenvalue weighted by Gasteiger charge is 2.17. The Bertz CT molecular complexity index is 564. The number of rotatable bonds is 6. The molecule has 0 atom stereocenters. The largest absolute Gasteiger partial charge is 0.355 e. The summed E-state index contributed by atoms with van der Waals surface area (Å²) in [6.45, 7) is 1.79. The smallest absolute Gasteiger partial charge is 0.133 e. The third kappa shape index (κ3) is 3.61. The average Bonchev–Trinajstić information content (AvgIpc) is 2.47. The van der Waals surface area contributed by atoms with Crippen LogP contribution in [0.2, 0.25) is 0 Å². The minimum Gasteiger partial charge on any atom is -0.355 e. The van der Waals surface area contributed by atoms with E-state index >= 15 is 0 Å². The summed E-state index contributed by atoms with van der Waals surface area (Å²) in [6, 6.07) is 15.4. The maximum Gasteiger partial charge on any atom is 0.133 e. The first-order chi connectivity index (χ1) is 10.3. The van der Waals surface area contributed by atoms with Crippen molar-refractivity contribution in [3.63, 3.8) is 0 Å². The Morgan fingerprint density at radius 1 is 1.14 bits per heavy atom. The van der Waals surface area contributed by atoms with E-state index in [2.05, 4.69) is 58.6 Å². The van der Waals surface area contributed by atoms with E-state index in [1.165, 1.54) is 30.4 Å². The fourth-order valence-electron chi connectivity index (χ4n) is 2.71. The highest BCUT2D eigenvalue weighted by Crippen LogP contribution is 2.21. The molecule has 2 aromatic rings. The second-order valence-electron chi connectivity index (χ2n) is 5.84. The third-order valence-electron chi connectivity index (χ3n) is 4.18. The maximum atomic E-state index is 4.58. The Morgan fingerprint density at radius 3 is 2.67 bits per heavy atom. The highest BCUT2D eigenvalue weighted by molar-refractivity contribution is 5.46. The van der Waals surface area contributed by atoms with Gasteiger partial charge >= 0.3 is 0 Å². The van der Waals surface area contributed by atoms with Gasteiger partial charge in [0.1, 0.15) is 5.82 Å². The average molecular weight is 281 g/mol. The molecule has 1 aliphatic carbocycles. The highest BCUT2D eigenvalue weighted by atomic mass is 15.2. The molecular formula is C18H23N3. The van der Waals surface area contributed by atoms with Crippen LogP contribution in [0.4, 0.5) is 5.82 Å². The Morgan fingerprint density at radius 2 is 1.95 bits per heavy atom. The molecule has 3 heteroatoms. The lowest BCUT2D eigenvalue weighted by Gasteiger charge is -2.28. The van der Waals surface area contributed by atoms with Crippen LogP contribution in [0.15, 0.2) is 48.7 Å². The Kier molecular flexibility index (Phi) is 4.51. The van der Waals surface area contributed by atoms with Crippen LogP contribution in [0.3, 0.4) is 0 Å². The number of pyridine rings is 1. The quantitative estimate of drug-likeness (QED) is 0.880. The van der Waals surface area contributed by atoms with Crippen molar-refractivity contribution in [1.29, 1.82) is 0 Å². The fraction of sp³-hybridized carbons (Fsp3) is 0.389. The summed E-state index contributed by atoms with van der Waals surface area (Å²) in [4.78, 5) is 6.81. The van der Waals surface area contributed by atoms with Gasteiger partial charge in [-0.1, -0.05) is 42.8 Å². The molecule has 0 spiro atoms. The van der Waals surface area contributed by atoms with Crippen molar-refractivity contribution in [2.45, 2.75) is 38.4 Å². The molecule has 1 aliphatic rings. The molecule has 0 unspecified atom stereocenters. The van der Waals surface area contributed by atoms with Crippen LogP contribution in [0.1, 0.15) is 30.4 Å². The van der Waals surface area contributed by atoms with Crippen LogP contribution >= 0.6 is 0 Å². The van der Waals surface area contributed by atoms with Gasteiger partial charge in [0.2, 0.25) is 0 Å². The van der Waals surface area contributed by atoms with E-state index in [4.69, 9.17) is 0 Å². The summed E-state index contributed by atoms with van der Waals surface area (Å²) in [6.07, 6.45) is 5.88. The van der Waals surface area contributed by atoms with E-state index in [0.29, 0.717) is 6.04 Å². The van der Waals surface area contributed by atoms with E-state index in [1.807, 2.05) is 12.3 Å².